The van der Waals surface area contributed by atoms with E-state index in [1.165, 1.54) is 0 Å². The highest BCUT2D eigenvalue weighted by Gasteiger charge is 2.12. The summed E-state index contributed by atoms with van der Waals surface area (Å²) in [4.78, 5) is 0. The number of unbranched alkanes of at least 4 members (excludes halogenated alkanes) is 2. The molecule has 0 bridgehead atoms. The Hall–Kier alpha value is -1.59. The lowest BCUT2D eigenvalue weighted by Gasteiger charge is -2.09. The molecule has 0 radical (unpaired) electrons. The summed E-state index contributed by atoms with van der Waals surface area (Å²) in [5.41, 5.74) is 1.39. The number of nitrogens with zero attached hydrogens (tertiary/aromatic N) is 3. The number of aromatic nitrogens is 3. The Morgan fingerprint density at radius 2 is 2.00 bits per heavy atom. The zero-order valence-corrected chi connectivity index (χ0v) is 12.9. The molecule has 0 atom stereocenters. The molecular formula is C15H20ClN3O2. The van der Waals surface area contributed by atoms with Gasteiger partial charge in [0.2, 0.25) is 0 Å². The molecule has 2 aromatic rings. The summed E-state index contributed by atoms with van der Waals surface area (Å²) in [6.07, 6.45) is 3.34. The topological polar surface area (TPSA) is 60.2 Å². The molecule has 1 aromatic carbocycles. The number of aliphatic hydroxyl groups excluding tert-OH is 1. The molecule has 21 heavy (non-hydrogen) atoms. The summed E-state index contributed by atoms with van der Waals surface area (Å²) in [6.45, 7) is 3.15. The molecule has 114 valence electrons. The highest BCUT2D eigenvalue weighted by atomic mass is 35.5. The standard InChI is InChI=1S/C15H20ClN3O2/c1-2-3-4-9-19-15(14(10-20)17-18-19)11-21-13-7-5-12(16)6-8-13/h5-8,20H,2-4,9-11H2,1H3. The van der Waals surface area contributed by atoms with Gasteiger partial charge in [-0.2, -0.15) is 0 Å². The fourth-order valence-corrected chi connectivity index (χ4v) is 2.15. The Labute approximate surface area is 129 Å². The van der Waals surface area contributed by atoms with Gasteiger partial charge in [-0.25, -0.2) is 4.68 Å². The van der Waals surface area contributed by atoms with Gasteiger partial charge in [-0.15, -0.1) is 5.10 Å². The maximum Gasteiger partial charge on any atom is 0.132 e. The van der Waals surface area contributed by atoms with Crippen molar-refractivity contribution >= 4 is 11.6 Å². The second-order valence-corrected chi connectivity index (χ2v) is 5.25. The van der Waals surface area contributed by atoms with Gasteiger partial charge in [0.1, 0.15) is 23.7 Å². The summed E-state index contributed by atoms with van der Waals surface area (Å²) >= 11 is 5.84. The van der Waals surface area contributed by atoms with Crippen LogP contribution in [0, 0.1) is 0 Å². The van der Waals surface area contributed by atoms with E-state index in [1.807, 2.05) is 16.8 Å². The van der Waals surface area contributed by atoms with Crippen molar-refractivity contribution in [1.29, 1.82) is 0 Å². The van der Waals surface area contributed by atoms with Gasteiger partial charge in [-0.3, -0.25) is 0 Å². The smallest absolute Gasteiger partial charge is 0.132 e. The number of ether oxygens (including phenoxy) is 1. The quantitative estimate of drug-likeness (QED) is 0.761. The van der Waals surface area contributed by atoms with Crippen LogP contribution >= 0.6 is 11.6 Å². The van der Waals surface area contributed by atoms with Crippen LogP contribution in [0.5, 0.6) is 5.75 Å². The summed E-state index contributed by atoms with van der Waals surface area (Å²) in [6, 6.07) is 7.18. The molecular weight excluding hydrogens is 290 g/mol. The maximum atomic E-state index is 9.35. The zero-order chi connectivity index (χ0) is 15.1. The van der Waals surface area contributed by atoms with Crippen LogP contribution < -0.4 is 4.74 Å². The number of halogens is 1. The second kappa shape index (κ2) is 8.00. The first-order valence-electron chi connectivity index (χ1n) is 7.15. The van der Waals surface area contributed by atoms with Gasteiger partial charge in [0.15, 0.2) is 0 Å². The minimum atomic E-state index is -0.132. The largest absolute Gasteiger partial charge is 0.487 e. The number of hydrogen-bond acceptors (Lipinski definition) is 4. The first kappa shape index (κ1) is 15.8. The fraction of sp³-hybridized carbons (Fsp3) is 0.467. The minimum Gasteiger partial charge on any atom is -0.487 e. The van der Waals surface area contributed by atoms with Crippen LogP contribution in [-0.2, 0) is 19.8 Å². The lowest BCUT2D eigenvalue weighted by molar-refractivity contribution is 0.261. The van der Waals surface area contributed by atoms with E-state index >= 15 is 0 Å². The highest BCUT2D eigenvalue weighted by molar-refractivity contribution is 6.30. The monoisotopic (exact) mass is 309 g/mol. The zero-order valence-electron chi connectivity index (χ0n) is 12.1. The molecule has 6 heteroatoms. The van der Waals surface area contributed by atoms with E-state index in [4.69, 9.17) is 16.3 Å². The Morgan fingerprint density at radius 1 is 1.24 bits per heavy atom. The molecule has 1 aromatic heterocycles. The van der Waals surface area contributed by atoms with Gasteiger partial charge in [-0.1, -0.05) is 36.6 Å². The average molecular weight is 310 g/mol. The van der Waals surface area contributed by atoms with E-state index in [0.29, 0.717) is 17.3 Å². The molecule has 0 aliphatic heterocycles. The van der Waals surface area contributed by atoms with Crippen LogP contribution in [0.15, 0.2) is 24.3 Å². The molecule has 0 saturated heterocycles. The van der Waals surface area contributed by atoms with Gasteiger partial charge in [0, 0.05) is 11.6 Å². The molecule has 0 aliphatic carbocycles. The molecule has 1 heterocycles. The molecule has 0 amide bonds. The average Bonchev–Trinajstić information content (AvgIpc) is 2.89. The van der Waals surface area contributed by atoms with E-state index in [-0.39, 0.29) is 6.61 Å². The predicted octanol–water partition coefficient (Wildman–Crippen LogP) is 3.19. The first-order valence-corrected chi connectivity index (χ1v) is 7.52. The fourth-order valence-electron chi connectivity index (χ4n) is 2.02. The van der Waals surface area contributed by atoms with Crippen molar-refractivity contribution in [2.45, 2.75) is 45.9 Å². The van der Waals surface area contributed by atoms with E-state index in [2.05, 4.69) is 17.2 Å². The van der Waals surface area contributed by atoms with Crippen molar-refractivity contribution in [1.82, 2.24) is 15.0 Å². The third-order valence-electron chi connectivity index (χ3n) is 3.23. The summed E-state index contributed by atoms with van der Waals surface area (Å²) in [5, 5.41) is 18.1. The second-order valence-electron chi connectivity index (χ2n) is 4.81. The minimum absolute atomic E-state index is 0.132. The van der Waals surface area contributed by atoms with Crippen LogP contribution in [0.1, 0.15) is 37.6 Å². The van der Waals surface area contributed by atoms with Crippen molar-refractivity contribution in [3.05, 3.63) is 40.7 Å². The molecule has 0 saturated carbocycles. The molecule has 0 fully saturated rings. The van der Waals surface area contributed by atoms with Crippen molar-refractivity contribution < 1.29 is 9.84 Å². The predicted molar refractivity (Wildman–Crippen MR) is 81.3 cm³/mol. The van der Waals surface area contributed by atoms with E-state index in [0.717, 1.165) is 37.3 Å². The third kappa shape index (κ3) is 4.44. The van der Waals surface area contributed by atoms with Gasteiger partial charge >= 0.3 is 0 Å². The lowest BCUT2D eigenvalue weighted by Crippen LogP contribution is -2.09. The lowest BCUT2D eigenvalue weighted by atomic mass is 10.2. The van der Waals surface area contributed by atoms with Gasteiger partial charge in [0.25, 0.3) is 0 Å². The van der Waals surface area contributed by atoms with E-state index in [9.17, 15) is 5.11 Å². The first-order chi connectivity index (χ1) is 10.2. The van der Waals surface area contributed by atoms with Crippen LogP contribution in [0.3, 0.4) is 0 Å². The number of aliphatic hydroxyl groups is 1. The Bertz CT molecular complexity index is 555. The Balaban J connectivity index is 2.02. The van der Waals surface area contributed by atoms with Crippen LogP contribution in [0.4, 0.5) is 0 Å². The molecule has 5 nitrogen and oxygen atoms in total. The molecule has 0 spiro atoms. The molecule has 2 rings (SSSR count). The van der Waals surface area contributed by atoms with Gasteiger partial charge in [0.05, 0.1) is 6.61 Å². The Morgan fingerprint density at radius 3 is 2.67 bits per heavy atom. The summed E-state index contributed by atoms with van der Waals surface area (Å²) in [5.74, 6) is 0.726. The maximum absolute atomic E-state index is 9.35. The summed E-state index contributed by atoms with van der Waals surface area (Å²) in [7, 11) is 0. The van der Waals surface area contributed by atoms with Crippen LogP contribution in [0.25, 0.3) is 0 Å². The molecule has 1 N–H and O–H groups in total. The van der Waals surface area contributed by atoms with E-state index < -0.39 is 0 Å². The van der Waals surface area contributed by atoms with Crippen LogP contribution in [0.2, 0.25) is 5.02 Å². The number of rotatable bonds is 8. The molecule has 0 unspecified atom stereocenters. The van der Waals surface area contributed by atoms with Gasteiger partial charge in [-0.05, 0) is 30.7 Å². The SMILES string of the molecule is CCCCCn1nnc(CO)c1COc1ccc(Cl)cc1. The number of hydrogen-bond donors (Lipinski definition) is 1. The highest BCUT2D eigenvalue weighted by Crippen LogP contribution is 2.18. The normalized spacial score (nSPS) is 10.8. The van der Waals surface area contributed by atoms with Crippen molar-refractivity contribution in [2.75, 3.05) is 0 Å². The van der Waals surface area contributed by atoms with Crippen molar-refractivity contribution in [2.24, 2.45) is 0 Å². The number of aryl methyl sites for hydroxylation is 1. The van der Waals surface area contributed by atoms with Gasteiger partial charge < -0.3 is 9.84 Å². The number of benzene rings is 1. The van der Waals surface area contributed by atoms with Crippen LogP contribution in [-0.4, -0.2) is 20.1 Å². The Kier molecular flexibility index (Phi) is 6.02. The summed E-state index contributed by atoms with van der Waals surface area (Å²) < 4.78 is 7.54. The van der Waals surface area contributed by atoms with Crippen molar-refractivity contribution in [3.8, 4) is 5.75 Å². The third-order valence-corrected chi connectivity index (χ3v) is 3.48. The van der Waals surface area contributed by atoms with Crippen molar-refractivity contribution in [3.63, 3.8) is 0 Å². The molecule has 0 aliphatic rings. The van der Waals surface area contributed by atoms with E-state index in [1.54, 1.807) is 12.1 Å².